The maximum atomic E-state index is 9.65. The molecule has 0 spiro atoms. The first-order valence-electron chi connectivity index (χ1n) is 2.78. The Balaban J connectivity index is 3.67. The summed E-state index contributed by atoms with van der Waals surface area (Å²) in [6.45, 7) is -0.920. The SMILES string of the molecule is O=[C]NC(CO)C(O)CO. The smallest absolute Gasteiger partial charge is 0.309 e. The zero-order valence-electron chi connectivity index (χ0n) is 5.32. The van der Waals surface area contributed by atoms with E-state index < -0.39 is 25.4 Å². The van der Waals surface area contributed by atoms with Crippen LogP contribution in [0.15, 0.2) is 0 Å². The molecule has 2 atom stereocenters. The van der Waals surface area contributed by atoms with Crippen molar-refractivity contribution in [3.05, 3.63) is 0 Å². The molecule has 0 aromatic rings. The van der Waals surface area contributed by atoms with Gasteiger partial charge in [-0.25, -0.2) is 0 Å². The van der Waals surface area contributed by atoms with Crippen LogP contribution >= 0.6 is 0 Å². The van der Waals surface area contributed by atoms with Crippen molar-refractivity contribution in [2.24, 2.45) is 0 Å². The highest BCUT2D eigenvalue weighted by Gasteiger charge is 2.15. The second-order valence-corrected chi connectivity index (χ2v) is 1.79. The van der Waals surface area contributed by atoms with Crippen molar-refractivity contribution in [1.29, 1.82) is 0 Å². The van der Waals surface area contributed by atoms with Gasteiger partial charge in [-0.1, -0.05) is 0 Å². The summed E-state index contributed by atoms with van der Waals surface area (Å²) in [5, 5.41) is 27.6. The minimum atomic E-state index is -1.13. The van der Waals surface area contributed by atoms with Crippen molar-refractivity contribution in [2.45, 2.75) is 12.1 Å². The maximum absolute atomic E-state index is 9.65. The molecule has 2 unspecified atom stereocenters. The van der Waals surface area contributed by atoms with E-state index in [0.717, 1.165) is 0 Å². The first-order chi connectivity index (χ1) is 4.76. The van der Waals surface area contributed by atoms with E-state index in [1.165, 1.54) is 6.41 Å². The number of carbonyl (C=O) groups excluding carboxylic acids is 1. The summed E-state index contributed by atoms with van der Waals surface area (Å²) in [4.78, 5) is 9.65. The summed E-state index contributed by atoms with van der Waals surface area (Å²) in [5.74, 6) is 0. The number of nitrogens with one attached hydrogen (secondary N) is 1. The van der Waals surface area contributed by atoms with Gasteiger partial charge in [-0.15, -0.1) is 0 Å². The number of amides is 1. The van der Waals surface area contributed by atoms with E-state index in [2.05, 4.69) is 0 Å². The largest absolute Gasteiger partial charge is 0.394 e. The number of aliphatic hydroxyl groups excluding tert-OH is 3. The van der Waals surface area contributed by atoms with Crippen LogP contribution in [0.4, 0.5) is 0 Å². The molecule has 0 rings (SSSR count). The van der Waals surface area contributed by atoms with Gasteiger partial charge in [-0.2, -0.15) is 0 Å². The molecular formula is C5H10NO4. The summed E-state index contributed by atoms with van der Waals surface area (Å²) in [6.07, 6.45) is 0.170. The number of hydrogen-bond acceptors (Lipinski definition) is 4. The third-order valence-corrected chi connectivity index (χ3v) is 1.09. The van der Waals surface area contributed by atoms with E-state index >= 15 is 0 Å². The number of rotatable bonds is 5. The van der Waals surface area contributed by atoms with Gasteiger partial charge in [0.15, 0.2) is 0 Å². The van der Waals surface area contributed by atoms with Crippen LogP contribution in [0, 0.1) is 0 Å². The fourth-order valence-electron chi connectivity index (χ4n) is 0.466. The highest BCUT2D eigenvalue weighted by Crippen LogP contribution is 1.89. The van der Waals surface area contributed by atoms with Gasteiger partial charge >= 0.3 is 6.41 Å². The molecule has 4 N–H and O–H groups in total. The second-order valence-electron chi connectivity index (χ2n) is 1.79. The van der Waals surface area contributed by atoms with Crippen molar-refractivity contribution in [3.63, 3.8) is 0 Å². The molecule has 0 aliphatic carbocycles. The van der Waals surface area contributed by atoms with E-state index in [4.69, 9.17) is 15.3 Å². The quantitative estimate of drug-likeness (QED) is 0.321. The van der Waals surface area contributed by atoms with Crippen LogP contribution in [0.3, 0.4) is 0 Å². The molecule has 5 nitrogen and oxygen atoms in total. The zero-order chi connectivity index (χ0) is 7.98. The van der Waals surface area contributed by atoms with Crippen LogP contribution in [-0.4, -0.2) is 47.1 Å². The van der Waals surface area contributed by atoms with Crippen LogP contribution in [0.2, 0.25) is 0 Å². The van der Waals surface area contributed by atoms with Crippen LogP contribution in [0.1, 0.15) is 0 Å². The molecular weight excluding hydrogens is 138 g/mol. The molecule has 0 aromatic carbocycles. The normalized spacial score (nSPS) is 15.9. The average molecular weight is 148 g/mol. The van der Waals surface area contributed by atoms with Crippen molar-refractivity contribution in [1.82, 2.24) is 5.32 Å². The molecule has 1 amide bonds. The van der Waals surface area contributed by atoms with Gasteiger partial charge in [0, 0.05) is 0 Å². The third kappa shape index (κ3) is 2.77. The van der Waals surface area contributed by atoms with Crippen LogP contribution < -0.4 is 5.32 Å². The fraction of sp³-hybridized carbons (Fsp3) is 0.800. The van der Waals surface area contributed by atoms with Gasteiger partial charge in [-0.05, 0) is 0 Å². The molecule has 0 aliphatic rings. The van der Waals surface area contributed by atoms with Crippen molar-refractivity contribution < 1.29 is 20.1 Å². The second kappa shape index (κ2) is 5.16. The zero-order valence-corrected chi connectivity index (χ0v) is 5.32. The maximum Gasteiger partial charge on any atom is 0.309 e. The van der Waals surface area contributed by atoms with E-state index in [1.54, 1.807) is 0 Å². The van der Waals surface area contributed by atoms with Crippen molar-refractivity contribution in [2.75, 3.05) is 13.2 Å². The van der Waals surface area contributed by atoms with Crippen LogP contribution in [-0.2, 0) is 4.79 Å². The molecule has 0 bridgehead atoms. The predicted molar refractivity (Wildman–Crippen MR) is 32.8 cm³/mol. The van der Waals surface area contributed by atoms with E-state index in [1.807, 2.05) is 5.32 Å². The molecule has 10 heavy (non-hydrogen) atoms. The van der Waals surface area contributed by atoms with Crippen LogP contribution in [0.5, 0.6) is 0 Å². The Labute approximate surface area is 58.3 Å². The van der Waals surface area contributed by atoms with Gasteiger partial charge in [0.25, 0.3) is 0 Å². The van der Waals surface area contributed by atoms with Gasteiger partial charge < -0.3 is 20.6 Å². The Morgan fingerprint density at radius 1 is 1.40 bits per heavy atom. The topological polar surface area (TPSA) is 89.8 Å². The van der Waals surface area contributed by atoms with Gasteiger partial charge in [-0.3, -0.25) is 4.79 Å². The Bertz CT molecular complexity index is 97.6. The van der Waals surface area contributed by atoms with Crippen molar-refractivity contribution >= 4 is 6.41 Å². The Kier molecular flexibility index (Phi) is 4.82. The van der Waals surface area contributed by atoms with Crippen LogP contribution in [0.25, 0.3) is 0 Å². The molecule has 0 aromatic heterocycles. The van der Waals surface area contributed by atoms with E-state index in [9.17, 15) is 4.79 Å². The molecule has 0 heterocycles. The molecule has 59 valence electrons. The average Bonchev–Trinajstić information content (AvgIpc) is 1.99. The van der Waals surface area contributed by atoms with E-state index in [0.29, 0.717) is 0 Å². The minimum Gasteiger partial charge on any atom is -0.394 e. The lowest BCUT2D eigenvalue weighted by atomic mass is 10.2. The molecule has 0 fully saturated rings. The van der Waals surface area contributed by atoms with Crippen molar-refractivity contribution in [3.8, 4) is 0 Å². The standard InChI is InChI=1S/C5H10NO4/c7-1-4(6-3-9)5(10)2-8/h4-5,7-8,10H,1-2H2,(H,6,9). The Morgan fingerprint density at radius 2 is 2.00 bits per heavy atom. The summed E-state index contributed by atoms with van der Waals surface area (Å²) in [5.41, 5.74) is 0. The van der Waals surface area contributed by atoms with Gasteiger partial charge in [0.1, 0.15) is 0 Å². The van der Waals surface area contributed by atoms with E-state index in [-0.39, 0.29) is 0 Å². The first kappa shape index (κ1) is 9.35. The lowest BCUT2D eigenvalue weighted by Gasteiger charge is -2.16. The first-order valence-corrected chi connectivity index (χ1v) is 2.78. The number of hydrogen-bond donors (Lipinski definition) is 4. The molecule has 5 heteroatoms. The highest BCUT2D eigenvalue weighted by molar-refractivity contribution is 5.47. The summed E-state index contributed by atoms with van der Waals surface area (Å²) < 4.78 is 0. The molecule has 0 saturated heterocycles. The van der Waals surface area contributed by atoms with Gasteiger partial charge in [0.2, 0.25) is 0 Å². The minimum absolute atomic E-state index is 0.420. The monoisotopic (exact) mass is 148 g/mol. The summed E-state index contributed by atoms with van der Waals surface area (Å²) in [7, 11) is 0. The number of aliphatic hydroxyl groups is 3. The van der Waals surface area contributed by atoms with Gasteiger partial charge in [0.05, 0.1) is 25.4 Å². The summed E-state index contributed by atoms with van der Waals surface area (Å²) in [6, 6.07) is -0.831. The lowest BCUT2D eigenvalue weighted by Crippen LogP contribution is -2.43. The molecule has 0 saturated carbocycles. The Hall–Kier alpha value is -0.650. The fourth-order valence-corrected chi connectivity index (χ4v) is 0.466. The molecule has 1 radical (unpaired) electrons. The highest BCUT2D eigenvalue weighted by atomic mass is 16.3. The lowest BCUT2D eigenvalue weighted by molar-refractivity contribution is 0.0480. The molecule has 0 aliphatic heterocycles. The predicted octanol–water partition coefficient (Wildman–Crippen LogP) is -2.64. The Morgan fingerprint density at radius 3 is 2.30 bits per heavy atom. The summed E-state index contributed by atoms with van der Waals surface area (Å²) >= 11 is 0. The third-order valence-electron chi connectivity index (χ3n) is 1.09.